The van der Waals surface area contributed by atoms with E-state index in [1.807, 2.05) is 0 Å². The molecular formula is C16H34N2. The molecule has 2 nitrogen and oxygen atoms in total. The molecule has 0 aliphatic carbocycles. The molecule has 1 N–H and O–H groups in total. The molecule has 0 aromatic rings. The zero-order valence-electron chi connectivity index (χ0n) is 12.7. The zero-order chi connectivity index (χ0) is 13.1. The molecular weight excluding hydrogens is 220 g/mol. The van der Waals surface area contributed by atoms with E-state index in [9.17, 15) is 0 Å². The van der Waals surface area contributed by atoms with Gasteiger partial charge >= 0.3 is 0 Å². The number of rotatable bonds is 10. The third-order valence-corrected chi connectivity index (χ3v) is 4.25. The molecule has 1 heterocycles. The summed E-state index contributed by atoms with van der Waals surface area (Å²) in [5.41, 5.74) is 0. The second kappa shape index (κ2) is 10.8. The highest BCUT2D eigenvalue weighted by atomic mass is 15.1. The lowest BCUT2D eigenvalue weighted by Gasteiger charge is -2.29. The van der Waals surface area contributed by atoms with E-state index in [0.29, 0.717) is 0 Å². The lowest BCUT2D eigenvalue weighted by Crippen LogP contribution is -2.36. The first-order chi connectivity index (χ1) is 8.86. The van der Waals surface area contributed by atoms with E-state index in [1.165, 1.54) is 84.1 Å². The van der Waals surface area contributed by atoms with Gasteiger partial charge in [-0.25, -0.2) is 0 Å². The summed E-state index contributed by atoms with van der Waals surface area (Å²) in [5, 5.41) is 3.46. The van der Waals surface area contributed by atoms with Crippen LogP contribution in [0.4, 0.5) is 0 Å². The van der Waals surface area contributed by atoms with Crippen molar-refractivity contribution in [1.82, 2.24) is 10.2 Å². The summed E-state index contributed by atoms with van der Waals surface area (Å²) in [6.07, 6.45) is 11.3. The molecule has 0 spiro atoms. The zero-order valence-corrected chi connectivity index (χ0v) is 12.7. The maximum atomic E-state index is 3.46. The minimum absolute atomic E-state index is 0.950. The molecule has 108 valence electrons. The van der Waals surface area contributed by atoms with Gasteiger partial charge in [0.25, 0.3) is 0 Å². The Morgan fingerprint density at radius 3 is 2.28 bits per heavy atom. The first kappa shape index (κ1) is 16.0. The lowest BCUT2D eigenvalue weighted by molar-refractivity contribution is 0.210. The molecule has 2 heteroatoms. The average Bonchev–Trinajstić information content (AvgIpc) is 2.42. The van der Waals surface area contributed by atoms with Crippen molar-refractivity contribution in [2.24, 2.45) is 5.92 Å². The van der Waals surface area contributed by atoms with Crippen molar-refractivity contribution in [3.8, 4) is 0 Å². The molecule has 1 fully saturated rings. The van der Waals surface area contributed by atoms with E-state index in [2.05, 4.69) is 24.1 Å². The number of hydrogen-bond donors (Lipinski definition) is 1. The highest BCUT2D eigenvalue weighted by molar-refractivity contribution is 4.72. The molecule has 0 aromatic carbocycles. The third-order valence-electron chi connectivity index (χ3n) is 4.25. The van der Waals surface area contributed by atoms with Gasteiger partial charge in [0.05, 0.1) is 0 Å². The maximum absolute atomic E-state index is 3.46. The fraction of sp³-hybridized carbons (Fsp3) is 1.00. The Balaban J connectivity index is 2.01. The summed E-state index contributed by atoms with van der Waals surface area (Å²) in [5.74, 6) is 0.950. The summed E-state index contributed by atoms with van der Waals surface area (Å²) in [4.78, 5) is 2.68. The number of piperidine rings is 1. The van der Waals surface area contributed by atoms with Gasteiger partial charge in [-0.2, -0.15) is 0 Å². The van der Waals surface area contributed by atoms with Gasteiger partial charge < -0.3 is 10.2 Å². The molecule has 1 rings (SSSR count). The van der Waals surface area contributed by atoms with Crippen LogP contribution in [0.25, 0.3) is 0 Å². The second-order valence-electron chi connectivity index (χ2n) is 5.85. The smallest absolute Gasteiger partial charge is 0.00105 e. The van der Waals surface area contributed by atoms with Gasteiger partial charge in [0.15, 0.2) is 0 Å². The minimum atomic E-state index is 0.950. The van der Waals surface area contributed by atoms with Crippen LogP contribution in [0.3, 0.4) is 0 Å². The molecule has 1 aliphatic heterocycles. The molecule has 0 saturated carbocycles. The van der Waals surface area contributed by atoms with E-state index in [1.54, 1.807) is 0 Å². The van der Waals surface area contributed by atoms with Crippen LogP contribution in [0.2, 0.25) is 0 Å². The molecule has 1 aliphatic rings. The van der Waals surface area contributed by atoms with Crippen LogP contribution in [-0.2, 0) is 0 Å². The topological polar surface area (TPSA) is 15.3 Å². The van der Waals surface area contributed by atoms with Gasteiger partial charge in [-0.05, 0) is 51.4 Å². The van der Waals surface area contributed by atoms with Crippen LogP contribution in [0, 0.1) is 5.92 Å². The van der Waals surface area contributed by atoms with E-state index in [4.69, 9.17) is 0 Å². The van der Waals surface area contributed by atoms with Crippen molar-refractivity contribution in [3.05, 3.63) is 0 Å². The number of unbranched alkanes of at least 4 members (excludes halogenated alkanes) is 5. The number of nitrogens with one attached hydrogen (secondary N) is 1. The van der Waals surface area contributed by atoms with Gasteiger partial charge in [-0.3, -0.25) is 0 Å². The minimum Gasteiger partial charge on any atom is -0.317 e. The summed E-state index contributed by atoms with van der Waals surface area (Å²) < 4.78 is 0. The van der Waals surface area contributed by atoms with E-state index in [-0.39, 0.29) is 0 Å². The van der Waals surface area contributed by atoms with Crippen molar-refractivity contribution < 1.29 is 0 Å². The fourth-order valence-electron chi connectivity index (χ4n) is 2.92. The fourth-order valence-corrected chi connectivity index (χ4v) is 2.92. The van der Waals surface area contributed by atoms with Gasteiger partial charge in [-0.1, -0.05) is 46.0 Å². The van der Waals surface area contributed by atoms with Crippen LogP contribution < -0.4 is 5.32 Å². The highest BCUT2D eigenvalue weighted by Crippen LogP contribution is 2.14. The average molecular weight is 254 g/mol. The van der Waals surface area contributed by atoms with Crippen molar-refractivity contribution in [3.63, 3.8) is 0 Å². The Morgan fingerprint density at radius 2 is 1.61 bits per heavy atom. The van der Waals surface area contributed by atoms with Crippen LogP contribution >= 0.6 is 0 Å². The Kier molecular flexibility index (Phi) is 9.59. The predicted molar refractivity (Wildman–Crippen MR) is 81.1 cm³/mol. The first-order valence-electron chi connectivity index (χ1n) is 8.29. The molecule has 1 saturated heterocycles. The molecule has 0 atom stereocenters. The van der Waals surface area contributed by atoms with Gasteiger partial charge in [0, 0.05) is 6.54 Å². The quantitative estimate of drug-likeness (QED) is 0.598. The predicted octanol–water partition coefficient (Wildman–Crippen LogP) is 3.67. The largest absolute Gasteiger partial charge is 0.317 e. The van der Waals surface area contributed by atoms with Crippen molar-refractivity contribution in [2.45, 2.75) is 65.2 Å². The van der Waals surface area contributed by atoms with Crippen LogP contribution in [0.15, 0.2) is 0 Å². The SMILES string of the molecule is CCCCCCCCN(CC)CC1CCNCC1. The van der Waals surface area contributed by atoms with Gasteiger partial charge in [0.2, 0.25) is 0 Å². The molecule has 0 bridgehead atoms. The Bertz CT molecular complexity index is 176. The molecule has 18 heavy (non-hydrogen) atoms. The summed E-state index contributed by atoms with van der Waals surface area (Å²) >= 11 is 0. The van der Waals surface area contributed by atoms with Crippen molar-refractivity contribution in [2.75, 3.05) is 32.7 Å². The third kappa shape index (κ3) is 7.38. The first-order valence-corrected chi connectivity index (χ1v) is 8.29. The lowest BCUT2D eigenvalue weighted by atomic mass is 9.97. The number of hydrogen-bond acceptors (Lipinski definition) is 2. The normalized spacial score (nSPS) is 17.5. The Labute approximate surface area is 115 Å². The number of nitrogens with zero attached hydrogens (tertiary/aromatic N) is 1. The van der Waals surface area contributed by atoms with E-state index >= 15 is 0 Å². The standard InChI is InChI=1S/C16H34N2/c1-3-5-6-7-8-9-14-18(4-2)15-16-10-12-17-13-11-16/h16-17H,3-15H2,1-2H3. The summed E-state index contributed by atoms with van der Waals surface area (Å²) in [6, 6.07) is 0. The van der Waals surface area contributed by atoms with Crippen LogP contribution in [0.1, 0.15) is 65.2 Å². The maximum Gasteiger partial charge on any atom is 0.00105 e. The van der Waals surface area contributed by atoms with Gasteiger partial charge in [0.1, 0.15) is 0 Å². The van der Waals surface area contributed by atoms with Crippen LogP contribution in [-0.4, -0.2) is 37.6 Å². The summed E-state index contributed by atoms with van der Waals surface area (Å²) in [6.45, 7) is 11.0. The monoisotopic (exact) mass is 254 g/mol. The molecule has 0 aromatic heterocycles. The summed E-state index contributed by atoms with van der Waals surface area (Å²) in [7, 11) is 0. The highest BCUT2D eigenvalue weighted by Gasteiger charge is 2.15. The van der Waals surface area contributed by atoms with E-state index in [0.717, 1.165) is 5.92 Å². The molecule has 0 radical (unpaired) electrons. The Hall–Kier alpha value is -0.0800. The second-order valence-corrected chi connectivity index (χ2v) is 5.85. The molecule has 0 unspecified atom stereocenters. The van der Waals surface area contributed by atoms with Crippen molar-refractivity contribution in [1.29, 1.82) is 0 Å². The molecule has 0 amide bonds. The van der Waals surface area contributed by atoms with Crippen molar-refractivity contribution >= 4 is 0 Å². The Morgan fingerprint density at radius 1 is 0.944 bits per heavy atom. The van der Waals surface area contributed by atoms with E-state index < -0.39 is 0 Å². The van der Waals surface area contributed by atoms with Gasteiger partial charge in [-0.15, -0.1) is 0 Å². The van der Waals surface area contributed by atoms with Crippen LogP contribution in [0.5, 0.6) is 0 Å².